The van der Waals surface area contributed by atoms with Gasteiger partial charge in [0, 0.05) is 65.1 Å². The smallest absolute Gasteiger partial charge is 0.323 e. The van der Waals surface area contributed by atoms with Gasteiger partial charge in [-0.15, -0.1) is 0 Å². The van der Waals surface area contributed by atoms with Gasteiger partial charge in [0.1, 0.15) is 18.4 Å². The van der Waals surface area contributed by atoms with Crippen LogP contribution in [0.25, 0.3) is 33.6 Å². The van der Waals surface area contributed by atoms with Gasteiger partial charge in [-0.1, -0.05) is 59.6 Å². The summed E-state index contributed by atoms with van der Waals surface area (Å²) in [5.41, 5.74) is 5.74. The van der Waals surface area contributed by atoms with Crippen molar-refractivity contribution < 1.29 is 23.8 Å². The third kappa shape index (κ3) is 7.42. The summed E-state index contributed by atoms with van der Waals surface area (Å²) in [4.78, 5) is 33.3. The Kier molecular flexibility index (Phi) is 10.8. The van der Waals surface area contributed by atoms with Crippen LogP contribution in [0.3, 0.4) is 0 Å². The van der Waals surface area contributed by atoms with E-state index >= 15 is 0 Å². The molecular formula is C36H37Cl2N5O5. The number of esters is 1. The maximum atomic E-state index is 12.4. The first kappa shape index (κ1) is 33.7. The van der Waals surface area contributed by atoms with Gasteiger partial charge in [-0.25, -0.2) is 4.98 Å². The number of halogens is 2. The zero-order valence-electron chi connectivity index (χ0n) is 26.8. The lowest BCUT2D eigenvalue weighted by molar-refractivity contribution is -0.147. The number of aromatic nitrogens is 2. The summed E-state index contributed by atoms with van der Waals surface area (Å²) in [6, 6.07) is 16.9. The van der Waals surface area contributed by atoms with Crippen LogP contribution in [0, 0.1) is 0 Å². The Balaban J connectivity index is 1.22. The summed E-state index contributed by atoms with van der Waals surface area (Å²) in [5.74, 6) is 0.885. The summed E-state index contributed by atoms with van der Waals surface area (Å²) in [6.45, 7) is 2.13. The molecule has 0 radical (unpaired) electrons. The first-order chi connectivity index (χ1) is 23.4. The van der Waals surface area contributed by atoms with Gasteiger partial charge in [0.15, 0.2) is 0 Å². The van der Waals surface area contributed by atoms with E-state index in [1.54, 1.807) is 20.4 Å². The second-order valence-corrected chi connectivity index (χ2v) is 12.5. The van der Waals surface area contributed by atoms with Gasteiger partial charge in [0.2, 0.25) is 11.8 Å². The highest BCUT2D eigenvalue weighted by Crippen LogP contribution is 2.42. The fourth-order valence-electron chi connectivity index (χ4n) is 6.08. The Hall–Kier alpha value is -4.22. The Morgan fingerprint density at radius 2 is 1.79 bits per heavy atom. The predicted octanol–water partition coefficient (Wildman–Crippen LogP) is 5.97. The molecule has 4 aromatic rings. The Morgan fingerprint density at radius 1 is 0.979 bits per heavy atom. The lowest BCUT2D eigenvalue weighted by atomic mass is 9.99. The van der Waals surface area contributed by atoms with Crippen molar-refractivity contribution in [3.63, 3.8) is 0 Å². The molecule has 2 aliphatic rings. The van der Waals surface area contributed by atoms with E-state index in [2.05, 4.69) is 20.9 Å². The molecule has 0 aliphatic carbocycles. The SMILES string of the molecule is COc1cc(-c2nccc(-c3cccc(-c4ccc(CNCC5CCC(=O)N5)c(OC)n4)c3Cl)c2Cl)ccc1COC(=O)[C@H]1CCCN1. The molecule has 250 valence electrons. The predicted molar refractivity (Wildman–Crippen MR) is 185 cm³/mol. The summed E-state index contributed by atoms with van der Waals surface area (Å²) in [7, 11) is 3.16. The molecule has 48 heavy (non-hydrogen) atoms. The third-order valence-corrected chi connectivity index (χ3v) is 9.44. The topological polar surface area (TPSA) is 124 Å². The molecular weight excluding hydrogens is 653 g/mol. The lowest BCUT2D eigenvalue weighted by Gasteiger charge is -2.16. The van der Waals surface area contributed by atoms with Gasteiger partial charge < -0.3 is 30.2 Å². The second kappa shape index (κ2) is 15.3. The van der Waals surface area contributed by atoms with Crippen molar-refractivity contribution in [2.24, 2.45) is 0 Å². The molecule has 12 heteroatoms. The standard InChI is InChI=1S/C36H37Cl2N5O5/c1-46-30-17-21(8-9-23(30)20-48-36(45)29-7-4-15-40-29)34-33(38)26(14-16-41-34)25-5-3-6-27(32(25)37)28-12-10-22(35(43-28)47-2)18-39-19-24-11-13-31(44)42-24/h3,5-6,8-10,12,14,16-17,24,29,39-40H,4,7,11,13,15,18-20H2,1-2H3,(H,42,44)/t24?,29-/m1/s1. The van der Waals surface area contributed by atoms with E-state index in [0.29, 0.717) is 58.1 Å². The van der Waals surface area contributed by atoms with Crippen LogP contribution in [-0.4, -0.2) is 61.2 Å². The highest BCUT2D eigenvalue weighted by atomic mass is 35.5. The van der Waals surface area contributed by atoms with E-state index in [1.807, 2.05) is 54.6 Å². The van der Waals surface area contributed by atoms with Crippen molar-refractivity contribution in [3.8, 4) is 45.3 Å². The van der Waals surface area contributed by atoms with E-state index in [1.165, 1.54) is 0 Å². The van der Waals surface area contributed by atoms with Crippen LogP contribution >= 0.6 is 23.2 Å². The maximum Gasteiger partial charge on any atom is 0.323 e. The molecule has 10 nitrogen and oxygen atoms in total. The summed E-state index contributed by atoms with van der Waals surface area (Å²) in [6.07, 6.45) is 4.83. The van der Waals surface area contributed by atoms with Crippen LogP contribution in [0.4, 0.5) is 0 Å². The van der Waals surface area contributed by atoms with Crippen molar-refractivity contribution in [1.29, 1.82) is 0 Å². The number of hydrogen-bond donors (Lipinski definition) is 3. The molecule has 6 rings (SSSR count). The third-order valence-electron chi connectivity index (χ3n) is 8.65. The van der Waals surface area contributed by atoms with Gasteiger partial charge in [-0.05, 0) is 44.0 Å². The molecule has 2 fully saturated rings. The van der Waals surface area contributed by atoms with Crippen molar-refractivity contribution >= 4 is 35.1 Å². The van der Waals surface area contributed by atoms with Crippen molar-refractivity contribution in [2.45, 2.75) is 50.9 Å². The monoisotopic (exact) mass is 689 g/mol. The van der Waals surface area contributed by atoms with Crippen molar-refractivity contribution in [1.82, 2.24) is 25.9 Å². The van der Waals surface area contributed by atoms with Gasteiger partial charge in [-0.3, -0.25) is 14.6 Å². The van der Waals surface area contributed by atoms with Crippen molar-refractivity contribution in [2.75, 3.05) is 27.3 Å². The molecule has 2 atom stereocenters. The van der Waals surface area contributed by atoms with Crippen LogP contribution in [0.5, 0.6) is 11.6 Å². The largest absolute Gasteiger partial charge is 0.496 e. The quantitative estimate of drug-likeness (QED) is 0.155. The second-order valence-electron chi connectivity index (χ2n) is 11.8. The number of carbonyl (C=O) groups is 2. The fraction of sp³-hybridized carbons (Fsp3) is 0.333. The Bertz CT molecular complexity index is 1810. The van der Waals surface area contributed by atoms with Crippen LogP contribution < -0.4 is 25.4 Å². The minimum absolute atomic E-state index is 0.0938. The summed E-state index contributed by atoms with van der Waals surface area (Å²) in [5, 5.41) is 10.4. The minimum atomic E-state index is -0.260. The molecule has 2 aromatic heterocycles. The molecule has 2 aromatic carbocycles. The molecule has 0 spiro atoms. The number of hydrogen-bond acceptors (Lipinski definition) is 9. The van der Waals surface area contributed by atoms with Crippen LogP contribution in [0.15, 0.2) is 60.8 Å². The maximum absolute atomic E-state index is 12.4. The molecule has 2 saturated heterocycles. The molecule has 3 N–H and O–H groups in total. The normalized spacial score (nSPS) is 17.3. The van der Waals surface area contributed by atoms with Crippen LogP contribution in [-0.2, 0) is 27.5 Å². The number of carbonyl (C=O) groups excluding carboxylic acids is 2. The number of nitrogens with one attached hydrogen (secondary N) is 3. The first-order valence-corrected chi connectivity index (χ1v) is 16.7. The zero-order chi connectivity index (χ0) is 33.6. The minimum Gasteiger partial charge on any atom is -0.496 e. The van der Waals surface area contributed by atoms with E-state index in [-0.39, 0.29) is 30.6 Å². The number of pyridine rings is 2. The number of nitrogens with zero attached hydrogens (tertiary/aromatic N) is 2. The van der Waals surface area contributed by atoms with Gasteiger partial charge in [0.05, 0.1) is 35.7 Å². The molecule has 0 bridgehead atoms. The Labute approximate surface area is 289 Å². The van der Waals surface area contributed by atoms with Gasteiger partial charge in [-0.2, -0.15) is 0 Å². The first-order valence-electron chi connectivity index (χ1n) is 15.9. The number of ether oxygens (including phenoxy) is 3. The molecule has 1 unspecified atom stereocenters. The molecule has 2 aliphatic heterocycles. The van der Waals surface area contributed by atoms with E-state index < -0.39 is 0 Å². The van der Waals surface area contributed by atoms with Crippen LogP contribution in [0.2, 0.25) is 10.0 Å². The number of amides is 1. The molecule has 0 saturated carbocycles. The van der Waals surface area contributed by atoms with Crippen molar-refractivity contribution in [3.05, 3.63) is 82.0 Å². The fourth-order valence-corrected chi connectivity index (χ4v) is 6.73. The Morgan fingerprint density at radius 3 is 2.54 bits per heavy atom. The number of benzene rings is 2. The zero-order valence-corrected chi connectivity index (χ0v) is 28.3. The molecule has 4 heterocycles. The average Bonchev–Trinajstić information content (AvgIpc) is 3.80. The highest BCUT2D eigenvalue weighted by molar-refractivity contribution is 6.39. The average molecular weight is 691 g/mol. The highest BCUT2D eigenvalue weighted by Gasteiger charge is 2.24. The van der Waals surface area contributed by atoms with E-state index in [9.17, 15) is 9.59 Å². The summed E-state index contributed by atoms with van der Waals surface area (Å²) < 4.78 is 16.8. The van der Waals surface area contributed by atoms with Crippen LogP contribution in [0.1, 0.15) is 36.8 Å². The van der Waals surface area contributed by atoms with E-state index in [4.69, 9.17) is 42.4 Å². The van der Waals surface area contributed by atoms with Gasteiger partial charge >= 0.3 is 5.97 Å². The molecule has 1 amide bonds. The summed E-state index contributed by atoms with van der Waals surface area (Å²) >= 11 is 14.1. The van der Waals surface area contributed by atoms with E-state index in [0.717, 1.165) is 53.6 Å². The lowest BCUT2D eigenvalue weighted by Crippen LogP contribution is -2.35. The number of methoxy groups -OCH3 is 2. The van der Waals surface area contributed by atoms with Gasteiger partial charge in [0.25, 0.3) is 0 Å². The number of rotatable bonds is 12.